The highest BCUT2D eigenvalue weighted by Crippen LogP contribution is 2.24. The number of halogens is 1. The van der Waals surface area contributed by atoms with Gasteiger partial charge in [-0.2, -0.15) is 0 Å². The molecule has 0 aliphatic heterocycles. The lowest BCUT2D eigenvalue weighted by Crippen LogP contribution is -2.05. The van der Waals surface area contributed by atoms with Crippen molar-refractivity contribution in [3.05, 3.63) is 35.2 Å². The van der Waals surface area contributed by atoms with Gasteiger partial charge in [0.2, 0.25) is 0 Å². The Kier molecular flexibility index (Phi) is 3.67. The number of anilines is 2. The Labute approximate surface area is 102 Å². The monoisotopic (exact) mass is 234 g/mol. The number of nitrogens with one attached hydrogen (secondary N) is 1. The zero-order valence-corrected chi connectivity index (χ0v) is 10.2. The molecule has 0 bridgehead atoms. The minimum atomic E-state index is -0.244. The highest BCUT2D eigenvalue weighted by molar-refractivity contribution is 5.67. The fourth-order valence-corrected chi connectivity index (χ4v) is 2.17. The van der Waals surface area contributed by atoms with Crippen LogP contribution in [0.4, 0.5) is 15.8 Å². The zero-order chi connectivity index (χ0) is 12.3. The smallest absolute Gasteiger partial charge is 0.128 e. The van der Waals surface area contributed by atoms with Crippen LogP contribution in [0.2, 0.25) is 0 Å². The maximum Gasteiger partial charge on any atom is 0.128 e. The van der Waals surface area contributed by atoms with Crippen LogP contribution in [0.25, 0.3) is 0 Å². The van der Waals surface area contributed by atoms with Crippen molar-refractivity contribution in [2.45, 2.75) is 32.6 Å². The summed E-state index contributed by atoms with van der Waals surface area (Å²) < 4.78 is 13.2. The van der Waals surface area contributed by atoms with E-state index in [-0.39, 0.29) is 5.82 Å². The van der Waals surface area contributed by atoms with Gasteiger partial charge in [0, 0.05) is 6.54 Å². The largest absolute Gasteiger partial charge is 0.397 e. The van der Waals surface area contributed by atoms with Crippen LogP contribution < -0.4 is 11.1 Å². The first-order chi connectivity index (χ1) is 8.16. The molecule has 0 amide bonds. The summed E-state index contributed by atoms with van der Waals surface area (Å²) in [6.07, 6.45) is 7.09. The summed E-state index contributed by atoms with van der Waals surface area (Å²) in [7, 11) is 0. The van der Waals surface area contributed by atoms with E-state index in [0.717, 1.165) is 18.7 Å². The molecule has 0 spiro atoms. The lowest BCUT2D eigenvalue weighted by molar-refractivity contribution is 0.619. The summed E-state index contributed by atoms with van der Waals surface area (Å²) in [5.74, 6) is -0.244. The number of nitrogen functional groups attached to an aromatic ring is 1. The van der Waals surface area contributed by atoms with Gasteiger partial charge in [0.25, 0.3) is 0 Å². The third-order valence-electron chi connectivity index (χ3n) is 3.23. The van der Waals surface area contributed by atoms with E-state index < -0.39 is 0 Å². The lowest BCUT2D eigenvalue weighted by atomic mass is 10.1. The Morgan fingerprint density at radius 3 is 2.94 bits per heavy atom. The molecule has 17 heavy (non-hydrogen) atoms. The van der Waals surface area contributed by atoms with E-state index in [1.807, 2.05) is 0 Å². The molecule has 1 aliphatic rings. The molecule has 1 aromatic rings. The molecule has 0 aromatic heterocycles. The second-order valence-electron chi connectivity index (χ2n) is 4.62. The van der Waals surface area contributed by atoms with E-state index in [9.17, 15) is 4.39 Å². The highest BCUT2D eigenvalue weighted by atomic mass is 19.1. The maximum atomic E-state index is 13.2. The van der Waals surface area contributed by atoms with Crippen molar-refractivity contribution in [1.29, 1.82) is 0 Å². The first kappa shape index (κ1) is 12.0. The molecule has 3 heteroatoms. The summed E-state index contributed by atoms with van der Waals surface area (Å²) in [5, 5.41) is 3.28. The Hall–Kier alpha value is -1.51. The standard InChI is InChI=1S/C14H19FN2/c1-10-8-14(13(16)9-12(10)15)17-7-6-11-4-2-3-5-11/h4,8-9,17H,2-3,5-7,16H2,1H3. The number of hydrogen-bond donors (Lipinski definition) is 2. The summed E-state index contributed by atoms with van der Waals surface area (Å²) in [6.45, 7) is 2.61. The van der Waals surface area contributed by atoms with E-state index >= 15 is 0 Å². The van der Waals surface area contributed by atoms with Gasteiger partial charge < -0.3 is 11.1 Å². The van der Waals surface area contributed by atoms with E-state index in [0.29, 0.717) is 11.3 Å². The molecule has 0 atom stereocenters. The molecular formula is C14H19FN2. The molecule has 1 aliphatic carbocycles. The fraction of sp³-hybridized carbons (Fsp3) is 0.429. The van der Waals surface area contributed by atoms with Crippen molar-refractivity contribution in [2.75, 3.05) is 17.6 Å². The molecule has 0 fully saturated rings. The van der Waals surface area contributed by atoms with Crippen molar-refractivity contribution in [2.24, 2.45) is 0 Å². The third-order valence-corrected chi connectivity index (χ3v) is 3.23. The number of hydrogen-bond acceptors (Lipinski definition) is 2. The SMILES string of the molecule is Cc1cc(NCCC2=CCCC2)c(N)cc1F. The van der Waals surface area contributed by atoms with E-state index in [1.54, 1.807) is 13.0 Å². The van der Waals surface area contributed by atoms with Gasteiger partial charge in [-0.3, -0.25) is 0 Å². The van der Waals surface area contributed by atoms with Crippen LogP contribution in [0, 0.1) is 12.7 Å². The van der Waals surface area contributed by atoms with Crippen LogP contribution in [-0.4, -0.2) is 6.54 Å². The Morgan fingerprint density at radius 1 is 1.41 bits per heavy atom. The molecule has 0 saturated heterocycles. The van der Waals surface area contributed by atoms with Gasteiger partial charge in [0.05, 0.1) is 11.4 Å². The second kappa shape index (κ2) is 5.21. The second-order valence-corrected chi connectivity index (χ2v) is 4.62. The molecule has 92 valence electrons. The van der Waals surface area contributed by atoms with Crippen LogP contribution >= 0.6 is 0 Å². The number of aryl methyl sites for hydroxylation is 1. The van der Waals surface area contributed by atoms with Crippen molar-refractivity contribution in [3.63, 3.8) is 0 Å². The van der Waals surface area contributed by atoms with Gasteiger partial charge in [-0.1, -0.05) is 11.6 Å². The molecule has 0 saturated carbocycles. The lowest BCUT2D eigenvalue weighted by Gasteiger charge is -2.11. The molecule has 3 N–H and O–H groups in total. The van der Waals surface area contributed by atoms with Gasteiger partial charge >= 0.3 is 0 Å². The number of allylic oxidation sites excluding steroid dienone is 1. The molecule has 2 nitrogen and oxygen atoms in total. The topological polar surface area (TPSA) is 38.0 Å². The van der Waals surface area contributed by atoms with Crippen molar-refractivity contribution >= 4 is 11.4 Å². The van der Waals surface area contributed by atoms with Crippen LogP contribution in [0.3, 0.4) is 0 Å². The summed E-state index contributed by atoms with van der Waals surface area (Å²) in [4.78, 5) is 0. The fourth-order valence-electron chi connectivity index (χ4n) is 2.17. The summed E-state index contributed by atoms with van der Waals surface area (Å²) >= 11 is 0. The summed E-state index contributed by atoms with van der Waals surface area (Å²) in [5.41, 5.74) is 9.23. The molecule has 0 radical (unpaired) electrons. The first-order valence-electron chi connectivity index (χ1n) is 6.14. The van der Waals surface area contributed by atoms with Gasteiger partial charge in [-0.05, 0) is 50.3 Å². The van der Waals surface area contributed by atoms with Crippen LogP contribution in [0.1, 0.15) is 31.2 Å². The minimum absolute atomic E-state index is 0.244. The third kappa shape index (κ3) is 2.99. The zero-order valence-electron chi connectivity index (χ0n) is 10.2. The molecule has 1 aromatic carbocycles. The first-order valence-corrected chi connectivity index (χ1v) is 6.14. The van der Waals surface area contributed by atoms with Gasteiger partial charge in [-0.25, -0.2) is 4.39 Å². The summed E-state index contributed by atoms with van der Waals surface area (Å²) in [6, 6.07) is 3.15. The highest BCUT2D eigenvalue weighted by Gasteiger charge is 2.06. The molecule has 2 rings (SSSR count). The van der Waals surface area contributed by atoms with Crippen molar-refractivity contribution in [3.8, 4) is 0 Å². The normalized spacial score (nSPS) is 14.8. The molecular weight excluding hydrogens is 215 g/mol. The number of rotatable bonds is 4. The predicted molar refractivity (Wildman–Crippen MR) is 70.6 cm³/mol. The van der Waals surface area contributed by atoms with E-state index in [1.165, 1.54) is 30.9 Å². The number of nitrogens with two attached hydrogens (primary N) is 1. The maximum absolute atomic E-state index is 13.2. The Bertz CT molecular complexity index is 438. The van der Waals surface area contributed by atoms with Crippen molar-refractivity contribution in [1.82, 2.24) is 0 Å². The van der Waals surface area contributed by atoms with Crippen LogP contribution in [-0.2, 0) is 0 Å². The Balaban J connectivity index is 1.92. The van der Waals surface area contributed by atoms with Crippen molar-refractivity contribution < 1.29 is 4.39 Å². The van der Waals surface area contributed by atoms with Gasteiger partial charge in [0.15, 0.2) is 0 Å². The number of benzene rings is 1. The predicted octanol–water partition coefficient (Wildman–Crippen LogP) is 3.63. The minimum Gasteiger partial charge on any atom is -0.397 e. The van der Waals surface area contributed by atoms with Crippen LogP contribution in [0.15, 0.2) is 23.8 Å². The van der Waals surface area contributed by atoms with Gasteiger partial charge in [0.1, 0.15) is 5.82 Å². The average Bonchev–Trinajstić information content (AvgIpc) is 2.78. The van der Waals surface area contributed by atoms with E-state index in [2.05, 4.69) is 11.4 Å². The molecule has 0 unspecified atom stereocenters. The van der Waals surface area contributed by atoms with E-state index in [4.69, 9.17) is 5.73 Å². The Morgan fingerprint density at radius 2 is 2.24 bits per heavy atom. The van der Waals surface area contributed by atoms with Gasteiger partial charge in [-0.15, -0.1) is 0 Å². The quantitative estimate of drug-likeness (QED) is 0.616. The van der Waals surface area contributed by atoms with Crippen LogP contribution in [0.5, 0.6) is 0 Å². The molecule has 0 heterocycles. The average molecular weight is 234 g/mol.